The molecule has 0 spiro atoms. The number of benzene rings is 2. The predicted octanol–water partition coefficient (Wildman–Crippen LogP) is 1.77. The van der Waals surface area contributed by atoms with Crippen LogP contribution < -0.4 is 5.32 Å². The molecule has 148 valence electrons. The fourth-order valence-electron chi connectivity index (χ4n) is 4.32. The third-order valence-electron chi connectivity index (χ3n) is 5.63. The van der Waals surface area contributed by atoms with Crippen LogP contribution in [0.4, 0.5) is 0 Å². The predicted molar refractivity (Wildman–Crippen MR) is 99.0 cm³/mol. The van der Waals surface area contributed by atoms with Gasteiger partial charge in [0.15, 0.2) is 12.1 Å². The van der Waals surface area contributed by atoms with E-state index in [1.807, 2.05) is 0 Å². The van der Waals surface area contributed by atoms with Crippen molar-refractivity contribution >= 4 is 0 Å². The highest BCUT2D eigenvalue weighted by molar-refractivity contribution is 5.31. The van der Waals surface area contributed by atoms with Crippen molar-refractivity contribution in [2.24, 2.45) is 5.41 Å². The van der Waals surface area contributed by atoms with Gasteiger partial charge in [-0.3, -0.25) is 20.2 Å². The minimum atomic E-state index is -1.26. The Morgan fingerprint density at radius 2 is 1.11 bits per heavy atom. The molecular formula is C19H22N3O6+. The number of quaternary nitrogens is 1. The summed E-state index contributed by atoms with van der Waals surface area (Å²) in [5.41, 5.74) is -0.0383. The number of nitro groups is 2. The lowest BCUT2D eigenvalue weighted by molar-refractivity contribution is -0.818. The topological polar surface area (TPSA) is 143 Å². The van der Waals surface area contributed by atoms with Crippen LogP contribution in [0, 0.1) is 25.6 Å². The van der Waals surface area contributed by atoms with E-state index in [1.54, 1.807) is 43.4 Å². The first-order valence-corrected chi connectivity index (χ1v) is 8.82. The van der Waals surface area contributed by atoms with Crippen molar-refractivity contribution in [3.63, 3.8) is 0 Å². The van der Waals surface area contributed by atoms with E-state index in [0.717, 1.165) is 0 Å². The Bertz CT molecular complexity index is 810. The molecule has 0 aliphatic carbocycles. The summed E-state index contributed by atoms with van der Waals surface area (Å²) < 4.78 is 0. The molecule has 0 aromatic heterocycles. The molecular weight excluding hydrogens is 366 g/mol. The van der Waals surface area contributed by atoms with Crippen molar-refractivity contribution < 1.29 is 25.4 Å². The molecule has 0 bridgehead atoms. The highest BCUT2D eigenvalue weighted by atomic mass is 16.6. The fraction of sp³-hybridized carbons (Fsp3) is 0.368. The van der Waals surface area contributed by atoms with Gasteiger partial charge in [0.05, 0.1) is 0 Å². The van der Waals surface area contributed by atoms with E-state index in [2.05, 4.69) is 0 Å². The molecule has 28 heavy (non-hydrogen) atoms. The molecule has 9 nitrogen and oxygen atoms in total. The SMILES string of the molecule is CC1(C)[C@@H]([N+](=O)[O-])[C@@H](c2ccc(O)cc2)[NH2+][C@H](c2ccc(O)cc2)[C@H]1[N+](=O)[O-]. The Balaban J connectivity index is 2.14. The second-order valence-electron chi connectivity index (χ2n) is 7.71. The Morgan fingerprint density at radius 3 is 1.39 bits per heavy atom. The van der Waals surface area contributed by atoms with Crippen molar-refractivity contribution in [3.8, 4) is 11.5 Å². The van der Waals surface area contributed by atoms with Crippen LogP contribution in [0.5, 0.6) is 11.5 Å². The number of piperidine rings is 1. The van der Waals surface area contributed by atoms with E-state index in [1.165, 1.54) is 24.3 Å². The normalized spacial score (nSPS) is 26.5. The summed E-state index contributed by atoms with van der Waals surface area (Å²) in [5.74, 6) is 0.0736. The number of phenolic OH excluding ortho intramolecular Hbond substituents is 2. The third-order valence-corrected chi connectivity index (χ3v) is 5.63. The lowest BCUT2D eigenvalue weighted by Gasteiger charge is -2.41. The van der Waals surface area contributed by atoms with Crippen LogP contribution in [0.3, 0.4) is 0 Å². The van der Waals surface area contributed by atoms with E-state index in [9.17, 15) is 30.4 Å². The van der Waals surface area contributed by atoms with E-state index < -0.39 is 39.4 Å². The summed E-state index contributed by atoms with van der Waals surface area (Å²) in [5, 5.41) is 44.7. The van der Waals surface area contributed by atoms with Gasteiger partial charge in [0.1, 0.15) is 16.9 Å². The Kier molecular flexibility index (Phi) is 4.95. The van der Waals surface area contributed by atoms with Crippen LogP contribution in [0.15, 0.2) is 48.5 Å². The van der Waals surface area contributed by atoms with Gasteiger partial charge >= 0.3 is 0 Å². The zero-order valence-corrected chi connectivity index (χ0v) is 15.4. The summed E-state index contributed by atoms with van der Waals surface area (Å²) in [4.78, 5) is 23.0. The Labute approximate surface area is 160 Å². The molecule has 1 fully saturated rings. The molecule has 1 aliphatic rings. The van der Waals surface area contributed by atoms with Crippen molar-refractivity contribution in [3.05, 3.63) is 79.9 Å². The maximum absolute atomic E-state index is 12.0. The molecule has 0 saturated carbocycles. The van der Waals surface area contributed by atoms with Crippen molar-refractivity contribution in [2.45, 2.75) is 38.0 Å². The van der Waals surface area contributed by atoms with Crippen LogP contribution in [0.1, 0.15) is 37.1 Å². The number of hydrogen-bond donors (Lipinski definition) is 3. The average Bonchev–Trinajstić information content (AvgIpc) is 2.60. The highest BCUT2D eigenvalue weighted by Crippen LogP contribution is 2.43. The lowest BCUT2D eigenvalue weighted by Crippen LogP contribution is -2.96. The first-order valence-electron chi connectivity index (χ1n) is 8.82. The molecule has 1 saturated heterocycles. The second-order valence-corrected chi connectivity index (χ2v) is 7.71. The maximum Gasteiger partial charge on any atom is 0.279 e. The fourth-order valence-corrected chi connectivity index (χ4v) is 4.32. The maximum atomic E-state index is 12.0. The molecule has 0 radical (unpaired) electrons. The van der Waals surface area contributed by atoms with Crippen LogP contribution in [0.25, 0.3) is 0 Å². The average molecular weight is 388 g/mol. The smallest absolute Gasteiger partial charge is 0.279 e. The quantitative estimate of drug-likeness (QED) is 0.538. The van der Waals surface area contributed by atoms with Crippen LogP contribution in [0.2, 0.25) is 0 Å². The van der Waals surface area contributed by atoms with Crippen molar-refractivity contribution in [1.29, 1.82) is 0 Å². The molecule has 0 amide bonds. The number of hydrogen-bond acceptors (Lipinski definition) is 6. The molecule has 0 unspecified atom stereocenters. The number of nitrogens with two attached hydrogens (primary N) is 1. The summed E-state index contributed by atoms with van der Waals surface area (Å²) in [7, 11) is 0. The molecule has 9 heteroatoms. The summed E-state index contributed by atoms with van der Waals surface area (Å²) in [6.45, 7) is 3.11. The van der Waals surface area contributed by atoms with Gasteiger partial charge in [-0.15, -0.1) is 0 Å². The second kappa shape index (κ2) is 7.08. The van der Waals surface area contributed by atoms with E-state index in [-0.39, 0.29) is 11.5 Å². The monoisotopic (exact) mass is 388 g/mol. The van der Waals surface area contributed by atoms with Crippen LogP contribution in [-0.2, 0) is 0 Å². The van der Waals surface area contributed by atoms with Gasteiger partial charge in [0, 0.05) is 21.0 Å². The molecule has 2 aromatic rings. The number of rotatable bonds is 4. The number of nitrogens with zero attached hydrogens (tertiary/aromatic N) is 2. The lowest BCUT2D eigenvalue weighted by atomic mass is 9.66. The minimum Gasteiger partial charge on any atom is -0.508 e. The largest absolute Gasteiger partial charge is 0.508 e. The Morgan fingerprint density at radius 1 is 0.786 bits per heavy atom. The Hall–Kier alpha value is -3.20. The van der Waals surface area contributed by atoms with E-state index in [4.69, 9.17) is 0 Å². The first kappa shape index (κ1) is 19.6. The number of phenols is 2. The third kappa shape index (κ3) is 3.36. The summed E-state index contributed by atoms with van der Waals surface area (Å²) >= 11 is 0. The van der Waals surface area contributed by atoms with Gasteiger partial charge in [-0.1, -0.05) is 0 Å². The summed E-state index contributed by atoms with van der Waals surface area (Å²) in [6, 6.07) is 8.41. The van der Waals surface area contributed by atoms with Gasteiger partial charge in [-0.25, -0.2) is 0 Å². The van der Waals surface area contributed by atoms with Gasteiger partial charge < -0.3 is 15.5 Å². The summed E-state index contributed by atoms with van der Waals surface area (Å²) in [6.07, 6.45) is 0. The first-order chi connectivity index (χ1) is 13.1. The highest BCUT2D eigenvalue weighted by Gasteiger charge is 2.65. The van der Waals surface area contributed by atoms with E-state index >= 15 is 0 Å². The van der Waals surface area contributed by atoms with Crippen LogP contribution >= 0.6 is 0 Å². The van der Waals surface area contributed by atoms with Gasteiger partial charge in [0.25, 0.3) is 12.1 Å². The van der Waals surface area contributed by atoms with Gasteiger partial charge in [-0.05, 0) is 62.4 Å². The number of aromatic hydroxyl groups is 2. The molecule has 1 heterocycles. The van der Waals surface area contributed by atoms with Gasteiger partial charge in [-0.2, -0.15) is 0 Å². The zero-order valence-electron chi connectivity index (χ0n) is 15.4. The van der Waals surface area contributed by atoms with Crippen molar-refractivity contribution in [1.82, 2.24) is 0 Å². The molecule has 4 N–H and O–H groups in total. The molecule has 2 aromatic carbocycles. The standard InChI is InChI=1S/C19H21N3O6/c1-19(2)17(21(25)26)15(11-3-7-13(23)8-4-11)20-16(18(19)22(27)28)12-5-9-14(24)10-6-12/h3-10,15-18,20,23-24H,1-2H3/p+1/t15-,16-,17-,18+/m1/s1. The minimum absolute atomic E-state index is 0.0368. The molecule has 4 atom stereocenters. The molecule has 1 aliphatic heterocycles. The van der Waals surface area contributed by atoms with E-state index in [0.29, 0.717) is 11.1 Å². The van der Waals surface area contributed by atoms with Crippen molar-refractivity contribution in [2.75, 3.05) is 0 Å². The zero-order chi connectivity index (χ0) is 20.6. The van der Waals surface area contributed by atoms with Crippen LogP contribution in [-0.4, -0.2) is 32.1 Å². The van der Waals surface area contributed by atoms with Gasteiger partial charge in [0.2, 0.25) is 0 Å². The molecule has 3 rings (SSSR count).